The van der Waals surface area contributed by atoms with Gasteiger partial charge >= 0.3 is 0 Å². The van der Waals surface area contributed by atoms with Crippen LogP contribution >= 0.6 is 0 Å². The van der Waals surface area contributed by atoms with E-state index in [0.717, 1.165) is 0 Å². The highest BCUT2D eigenvalue weighted by molar-refractivity contribution is 5.63. The van der Waals surface area contributed by atoms with E-state index < -0.39 is 0 Å². The van der Waals surface area contributed by atoms with E-state index in [2.05, 4.69) is 25.3 Å². The molecule has 0 aliphatic rings. The van der Waals surface area contributed by atoms with E-state index in [0.29, 0.717) is 22.3 Å². The summed E-state index contributed by atoms with van der Waals surface area (Å²) in [5.41, 5.74) is 1.94. The number of rotatable bonds is 6. The first kappa shape index (κ1) is 26.1. The lowest BCUT2D eigenvalue weighted by molar-refractivity contribution is 1.37. The predicted molar refractivity (Wildman–Crippen MR) is 107 cm³/mol. The van der Waals surface area contributed by atoms with Crippen molar-refractivity contribution < 1.29 is 0 Å². The van der Waals surface area contributed by atoms with Gasteiger partial charge in [0.05, 0.1) is 11.1 Å². The maximum absolute atomic E-state index is 9.39. The molecule has 0 spiro atoms. The monoisotopic (exact) mass is 322 g/mol. The number of nitrogens with zero attached hydrogens (tertiary/aromatic N) is 2. The minimum Gasteiger partial charge on any atom is -0.192 e. The third kappa shape index (κ3) is 9.98. The van der Waals surface area contributed by atoms with E-state index in [1.165, 1.54) is 0 Å². The molecule has 0 aliphatic carbocycles. The number of hydrogen-bond acceptors (Lipinski definition) is 2. The Morgan fingerprint density at radius 3 is 1.17 bits per heavy atom. The summed E-state index contributed by atoms with van der Waals surface area (Å²) in [4.78, 5) is 0. The lowest BCUT2D eigenvalue weighted by atomic mass is 9.94. The first-order valence-electron chi connectivity index (χ1n) is 8.16. The summed E-state index contributed by atoms with van der Waals surface area (Å²) in [5, 5.41) is 18.8. The van der Waals surface area contributed by atoms with Crippen LogP contribution in [0.2, 0.25) is 0 Å². The molecule has 0 aromatic rings. The molecule has 0 saturated heterocycles. The summed E-state index contributed by atoms with van der Waals surface area (Å²) in [6, 6.07) is 4.20. The van der Waals surface area contributed by atoms with E-state index in [4.69, 9.17) is 0 Å². The van der Waals surface area contributed by atoms with Gasteiger partial charge in [-0.15, -0.1) is 0 Å². The second-order valence-electron chi connectivity index (χ2n) is 3.69. The second-order valence-corrected chi connectivity index (χ2v) is 3.69. The molecule has 0 heterocycles. The van der Waals surface area contributed by atoms with Gasteiger partial charge in [0.25, 0.3) is 0 Å². The van der Waals surface area contributed by atoms with Crippen LogP contribution in [0, 0.1) is 22.7 Å². The Labute approximate surface area is 148 Å². The summed E-state index contributed by atoms with van der Waals surface area (Å²) in [6.45, 7) is 19.0. The van der Waals surface area contributed by atoms with Gasteiger partial charge in [-0.1, -0.05) is 89.5 Å². The standard InChI is InChI=1S/C18H18N2.2C2H6/c1-5-9-15(10-6-2)17(13-19)18(14-20)16(11-7-3)12-8-4;2*1-2/h5-12H,1,3H2,2,4H3;2*1-2H3/b10-6-,12-8-,15-9+,16-11+,18-17+;;. The normalized spacial score (nSPS) is 12.0. The van der Waals surface area contributed by atoms with E-state index in [1.807, 2.05) is 53.7 Å². The maximum atomic E-state index is 9.39. The van der Waals surface area contributed by atoms with Crippen LogP contribution in [0.5, 0.6) is 0 Å². The molecule has 2 heteroatoms. The highest BCUT2D eigenvalue weighted by Gasteiger charge is 2.11. The Bertz CT molecular complexity index is 541. The van der Waals surface area contributed by atoms with E-state index in [9.17, 15) is 10.5 Å². The average Bonchev–Trinajstić information content (AvgIpc) is 2.63. The van der Waals surface area contributed by atoms with Gasteiger partial charge < -0.3 is 0 Å². The smallest absolute Gasteiger partial charge is 0.101 e. The summed E-state index contributed by atoms with van der Waals surface area (Å²) >= 11 is 0. The van der Waals surface area contributed by atoms with Crippen molar-refractivity contribution in [3.63, 3.8) is 0 Å². The molecule has 0 aromatic carbocycles. The van der Waals surface area contributed by atoms with Gasteiger partial charge in [-0.3, -0.25) is 0 Å². The van der Waals surface area contributed by atoms with Crippen LogP contribution in [0.15, 0.2) is 84.1 Å². The van der Waals surface area contributed by atoms with Crippen LogP contribution in [-0.4, -0.2) is 0 Å². The van der Waals surface area contributed by atoms with Crippen molar-refractivity contribution in [1.29, 1.82) is 10.5 Å². The summed E-state index contributed by atoms with van der Waals surface area (Å²) in [5.74, 6) is 0. The molecule has 0 unspecified atom stereocenters. The molecule has 0 radical (unpaired) electrons. The highest BCUT2D eigenvalue weighted by atomic mass is 14.3. The van der Waals surface area contributed by atoms with Crippen molar-refractivity contribution in [2.24, 2.45) is 0 Å². The lowest BCUT2D eigenvalue weighted by Gasteiger charge is -2.05. The summed E-state index contributed by atoms with van der Waals surface area (Å²) < 4.78 is 0. The zero-order chi connectivity index (χ0) is 19.4. The van der Waals surface area contributed by atoms with Gasteiger partial charge in [0.2, 0.25) is 0 Å². The Balaban J connectivity index is -0.00000102. The fourth-order valence-electron chi connectivity index (χ4n) is 1.59. The Morgan fingerprint density at radius 2 is 1.00 bits per heavy atom. The van der Waals surface area contributed by atoms with E-state index in [1.54, 1.807) is 36.5 Å². The molecule has 0 aliphatic heterocycles. The van der Waals surface area contributed by atoms with Crippen molar-refractivity contribution in [3.05, 3.63) is 84.1 Å². The van der Waals surface area contributed by atoms with Crippen LogP contribution in [0.3, 0.4) is 0 Å². The molecular weight excluding hydrogens is 292 g/mol. The van der Waals surface area contributed by atoms with Gasteiger partial charge in [-0.2, -0.15) is 10.5 Å². The van der Waals surface area contributed by atoms with Crippen LogP contribution in [0.4, 0.5) is 0 Å². The third-order valence-electron chi connectivity index (χ3n) is 2.34. The van der Waals surface area contributed by atoms with E-state index in [-0.39, 0.29) is 0 Å². The minimum atomic E-state index is 0.316. The first-order chi connectivity index (χ1) is 11.7. The van der Waals surface area contributed by atoms with Crippen molar-refractivity contribution >= 4 is 0 Å². The largest absolute Gasteiger partial charge is 0.192 e. The molecule has 0 saturated carbocycles. The maximum Gasteiger partial charge on any atom is 0.101 e. The molecule has 24 heavy (non-hydrogen) atoms. The lowest BCUT2D eigenvalue weighted by Crippen LogP contribution is -1.94. The topological polar surface area (TPSA) is 47.6 Å². The molecule has 0 rings (SSSR count). The first-order valence-corrected chi connectivity index (χ1v) is 8.16. The number of allylic oxidation sites excluding steroid dienone is 12. The average molecular weight is 322 g/mol. The molecule has 0 N–H and O–H groups in total. The predicted octanol–water partition coefficient (Wildman–Crippen LogP) is 6.76. The number of nitriles is 2. The molecule has 128 valence electrons. The van der Waals surface area contributed by atoms with Crippen molar-refractivity contribution in [1.82, 2.24) is 0 Å². The van der Waals surface area contributed by atoms with Crippen molar-refractivity contribution in [3.8, 4) is 12.1 Å². The molecule has 0 aromatic heterocycles. The summed E-state index contributed by atoms with van der Waals surface area (Å²) in [7, 11) is 0. The quantitative estimate of drug-likeness (QED) is 0.400. The molecule has 2 nitrogen and oxygen atoms in total. The molecule has 0 fully saturated rings. The molecular formula is C22H30N2. The zero-order valence-electron chi connectivity index (χ0n) is 15.9. The second kappa shape index (κ2) is 20.2. The van der Waals surface area contributed by atoms with Gasteiger partial charge in [0.1, 0.15) is 12.1 Å². The van der Waals surface area contributed by atoms with Gasteiger partial charge in [-0.25, -0.2) is 0 Å². The number of hydrogen-bond donors (Lipinski definition) is 0. The van der Waals surface area contributed by atoms with Gasteiger partial charge in [-0.05, 0) is 25.0 Å². The van der Waals surface area contributed by atoms with Crippen LogP contribution in [-0.2, 0) is 0 Å². The summed E-state index contributed by atoms with van der Waals surface area (Å²) in [6.07, 6.45) is 13.8. The Hall–Kier alpha value is -2.84. The zero-order valence-corrected chi connectivity index (χ0v) is 15.9. The van der Waals surface area contributed by atoms with Crippen molar-refractivity contribution in [2.75, 3.05) is 0 Å². The van der Waals surface area contributed by atoms with Crippen LogP contribution < -0.4 is 0 Å². The van der Waals surface area contributed by atoms with Gasteiger partial charge in [0.15, 0.2) is 0 Å². The SMILES string of the molecule is C=C/C=C(\C=C/C)C(/C#N)=C(C#N)/C(/C=C\C)=C/C=C.CC.CC. The van der Waals surface area contributed by atoms with E-state index >= 15 is 0 Å². The highest BCUT2D eigenvalue weighted by Crippen LogP contribution is 2.22. The Morgan fingerprint density at radius 1 is 0.708 bits per heavy atom. The third-order valence-corrected chi connectivity index (χ3v) is 2.34. The van der Waals surface area contributed by atoms with Gasteiger partial charge in [0, 0.05) is 0 Å². The molecule has 0 bridgehead atoms. The molecule has 0 atom stereocenters. The minimum absolute atomic E-state index is 0.316. The molecule has 0 amide bonds. The fraction of sp³-hybridized carbons (Fsp3) is 0.273. The van der Waals surface area contributed by atoms with Crippen LogP contribution in [0.25, 0.3) is 0 Å². The van der Waals surface area contributed by atoms with Crippen LogP contribution in [0.1, 0.15) is 41.5 Å². The fourth-order valence-corrected chi connectivity index (χ4v) is 1.59. The Kier molecular flexibility index (Phi) is 21.9. The van der Waals surface area contributed by atoms with Crippen molar-refractivity contribution in [2.45, 2.75) is 41.5 Å².